The Hall–Kier alpha value is -2.70. The highest BCUT2D eigenvalue weighted by molar-refractivity contribution is 7.98. The maximum Gasteiger partial charge on any atom is 0.335 e. The first-order valence-electron chi connectivity index (χ1n) is 10.8. The number of ether oxygens (including phenoxy) is 3. The van der Waals surface area contributed by atoms with Gasteiger partial charge in [0.2, 0.25) is 0 Å². The third-order valence-corrected chi connectivity index (χ3v) is 6.09. The van der Waals surface area contributed by atoms with Gasteiger partial charge in [-0.05, 0) is 67.6 Å². The lowest BCUT2D eigenvalue weighted by Gasteiger charge is -2.15. The van der Waals surface area contributed by atoms with Crippen LogP contribution < -0.4 is 4.74 Å². The van der Waals surface area contributed by atoms with E-state index in [0.717, 1.165) is 17.9 Å². The molecule has 0 radical (unpaired) electrons. The van der Waals surface area contributed by atoms with E-state index in [9.17, 15) is 4.79 Å². The molecule has 0 saturated carbocycles. The van der Waals surface area contributed by atoms with Crippen molar-refractivity contribution < 1.29 is 19.0 Å². The molecule has 5 nitrogen and oxygen atoms in total. The van der Waals surface area contributed by atoms with Crippen molar-refractivity contribution in [1.29, 1.82) is 0 Å². The van der Waals surface area contributed by atoms with Gasteiger partial charge in [-0.25, -0.2) is 4.79 Å². The minimum absolute atomic E-state index is 0.354. The zero-order valence-corrected chi connectivity index (χ0v) is 20.0. The fraction of sp³-hybridized carbons (Fsp3) is 0.346. The predicted octanol–water partition coefficient (Wildman–Crippen LogP) is 5.39. The van der Waals surface area contributed by atoms with Crippen LogP contribution in [0.3, 0.4) is 0 Å². The quantitative estimate of drug-likeness (QED) is 0.288. The normalized spacial score (nSPS) is 11.9. The van der Waals surface area contributed by atoms with Gasteiger partial charge in [-0.1, -0.05) is 24.3 Å². The van der Waals surface area contributed by atoms with Gasteiger partial charge in [0.15, 0.2) is 6.10 Å². The molecule has 32 heavy (non-hydrogen) atoms. The van der Waals surface area contributed by atoms with Crippen LogP contribution in [-0.4, -0.2) is 43.2 Å². The number of hydrogen-bond acceptors (Lipinski definition) is 5. The maximum absolute atomic E-state index is 11.8. The highest BCUT2D eigenvalue weighted by Gasteiger charge is 2.19. The monoisotopic (exact) mass is 453 g/mol. The third-order valence-electron chi connectivity index (χ3n) is 5.34. The van der Waals surface area contributed by atoms with E-state index in [1.165, 1.54) is 29.0 Å². The molecule has 0 unspecified atom stereocenters. The number of hydrogen-bond donors (Lipinski definition) is 0. The lowest BCUT2D eigenvalue weighted by atomic mass is 10.1. The van der Waals surface area contributed by atoms with Gasteiger partial charge >= 0.3 is 5.97 Å². The predicted molar refractivity (Wildman–Crippen MR) is 129 cm³/mol. The number of thioether (sulfide) groups is 1. The Morgan fingerprint density at radius 1 is 1.03 bits per heavy atom. The number of esters is 1. The number of aromatic nitrogens is 1. The second-order valence-electron chi connectivity index (χ2n) is 7.40. The number of carbonyl (C=O) groups is 1. The van der Waals surface area contributed by atoms with Crippen molar-refractivity contribution >= 4 is 17.7 Å². The van der Waals surface area contributed by atoms with Crippen LogP contribution in [0.2, 0.25) is 0 Å². The van der Waals surface area contributed by atoms with Crippen molar-refractivity contribution in [1.82, 2.24) is 4.57 Å². The van der Waals surface area contributed by atoms with E-state index in [1.807, 2.05) is 31.2 Å². The summed E-state index contributed by atoms with van der Waals surface area (Å²) in [5.41, 5.74) is 4.60. The lowest BCUT2D eigenvalue weighted by molar-refractivity contribution is -0.153. The number of nitrogens with zero attached hydrogens (tertiary/aromatic N) is 1. The summed E-state index contributed by atoms with van der Waals surface area (Å²) in [7, 11) is 1.38. The maximum atomic E-state index is 11.8. The molecule has 170 valence electrons. The van der Waals surface area contributed by atoms with Crippen LogP contribution in [-0.2, 0) is 27.2 Å². The lowest BCUT2D eigenvalue weighted by Crippen LogP contribution is -2.28. The van der Waals surface area contributed by atoms with Crippen molar-refractivity contribution in [2.24, 2.45) is 0 Å². The number of rotatable bonds is 11. The van der Waals surface area contributed by atoms with Crippen molar-refractivity contribution in [2.45, 2.75) is 37.8 Å². The number of carbonyl (C=O) groups excluding carboxylic acids is 1. The van der Waals surface area contributed by atoms with Crippen LogP contribution in [0.4, 0.5) is 0 Å². The molecule has 0 amide bonds. The molecule has 0 spiro atoms. The molecule has 0 bridgehead atoms. The Morgan fingerprint density at radius 3 is 2.38 bits per heavy atom. The Bertz CT molecular complexity index is 996. The highest BCUT2D eigenvalue weighted by atomic mass is 32.2. The Labute approximate surface area is 194 Å². The molecule has 3 rings (SSSR count). The first-order valence-corrected chi connectivity index (χ1v) is 12.0. The summed E-state index contributed by atoms with van der Waals surface area (Å²) in [5.74, 6) is 0.448. The summed E-state index contributed by atoms with van der Waals surface area (Å²) in [6, 6.07) is 20.7. The first-order chi connectivity index (χ1) is 15.5. The van der Waals surface area contributed by atoms with Crippen LogP contribution in [0.1, 0.15) is 18.2 Å². The summed E-state index contributed by atoms with van der Waals surface area (Å²) in [4.78, 5) is 13.1. The molecular formula is C26H31NO4S. The zero-order chi connectivity index (χ0) is 22.9. The average molecular weight is 454 g/mol. The smallest absolute Gasteiger partial charge is 0.335 e. The summed E-state index contributed by atoms with van der Waals surface area (Å²) < 4.78 is 18.6. The average Bonchev–Trinajstić information content (AvgIpc) is 3.19. The second-order valence-corrected chi connectivity index (χ2v) is 8.28. The molecule has 2 aromatic carbocycles. The Morgan fingerprint density at radius 2 is 1.75 bits per heavy atom. The van der Waals surface area contributed by atoms with Gasteiger partial charge in [0.1, 0.15) is 12.4 Å². The number of aryl methyl sites for hydroxylation is 1. The highest BCUT2D eigenvalue weighted by Crippen LogP contribution is 2.25. The van der Waals surface area contributed by atoms with E-state index in [4.69, 9.17) is 14.2 Å². The molecule has 0 N–H and O–H groups in total. The molecule has 0 fully saturated rings. The van der Waals surface area contributed by atoms with Gasteiger partial charge in [-0.2, -0.15) is 0 Å². The summed E-state index contributed by atoms with van der Waals surface area (Å²) in [5, 5.41) is 0. The van der Waals surface area contributed by atoms with E-state index < -0.39 is 6.10 Å². The fourth-order valence-electron chi connectivity index (χ4n) is 3.61. The molecule has 0 aliphatic rings. The minimum atomic E-state index is -0.586. The third kappa shape index (κ3) is 6.17. The molecule has 6 heteroatoms. The summed E-state index contributed by atoms with van der Waals surface area (Å²) in [6.45, 7) is 5.77. The summed E-state index contributed by atoms with van der Waals surface area (Å²) >= 11 is 1.75. The van der Waals surface area contributed by atoms with Gasteiger partial charge < -0.3 is 18.8 Å². The molecule has 0 aliphatic carbocycles. The van der Waals surface area contributed by atoms with E-state index in [2.05, 4.69) is 54.1 Å². The molecule has 0 saturated heterocycles. The van der Waals surface area contributed by atoms with E-state index in [-0.39, 0.29) is 5.97 Å². The molecule has 3 aromatic rings. The molecule has 1 aromatic heterocycles. The van der Waals surface area contributed by atoms with Gasteiger partial charge in [0.25, 0.3) is 0 Å². The van der Waals surface area contributed by atoms with Gasteiger partial charge in [-0.15, -0.1) is 11.8 Å². The molecule has 0 aliphatic heterocycles. The minimum Gasteiger partial charge on any atom is -0.492 e. The number of methoxy groups -OCH3 is 1. The number of benzene rings is 2. The van der Waals surface area contributed by atoms with Crippen molar-refractivity contribution in [3.8, 4) is 17.0 Å². The topological polar surface area (TPSA) is 49.7 Å². The zero-order valence-electron chi connectivity index (χ0n) is 19.2. The van der Waals surface area contributed by atoms with E-state index in [0.29, 0.717) is 19.6 Å². The van der Waals surface area contributed by atoms with E-state index >= 15 is 0 Å². The molecule has 1 heterocycles. The van der Waals surface area contributed by atoms with E-state index in [1.54, 1.807) is 11.8 Å². The molecular weight excluding hydrogens is 422 g/mol. The first kappa shape index (κ1) is 24.0. The standard InChI is InChI=1S/C26H31NO4S/c1-5-30-25(26(28)29-3)18-20-7-11-22(12-8-20)31-17-16-27-19(2)6-15-24(27)21-9-13-23(32-4)14-10-21/h6-15,25H,5,16-18H2,1-4H3/t25-/m0/s1. The van der Waals surface area contributed by atoms with Gasteiger partial charge in [-0.3, -0.25) is 0 Å². The van der Waals surface area contributed by atoms with Crippen LogP contribution in [0, 0.1) is 6.92 Å². The SMILES string of the molecule is CCO[C@@H](Cc1ccc(OCCn2c(C)ccc2-c2ccc(SC)cc2)cc1)C(=O)OC. The van der Waals surface area contributed by atoms with Crippen LogP contribution in [0.5, 0.6) is 5.75 Å². The largest absolute Gasteiger partial charge is 0.492 e. The fourth-order valence-corrected chi connectivity index (χ4v) is 4.02. The van der Waals surface area contributed by atoms with Crippen LogP contribution in [0.15, 0.2) is 65.6 Å². The van der Waals surface area contributed by atoms with Crippen LogP contribution >= 0.6 is 11.8 Å². The molecule has 1 atom stereocenters. The second kappa shape index (κ2) is 11.8. The van der Waals surface area contributed by atoms with Crippen molar-refractivity contribution in [3.05, 3.63) is 71.9 Å². The van der Waals surface area contributed by atoms with Gasteiger partial charge in [0, 0.05) is 29.3 Å². The van der Waals surface area contributed by atoms with Crippen molar-refractivity contribution in [3.63, 3.8) is 0 Å². The summed E-state index contributed by atoms with van der Waals surface area (Å²) in [6.07, 6.45) is 1.97. The Kier molecular flexibility index (Phi) is 8.82. The van der Waals surface area contributed by atoms with Crippen LogP contribution in [0.25, 0.3) is 11.3 Å². The van der Waals surface area contributed by atoms with Crippen molar-refractivity contribution in [2.75, 3.05) is 26.6 Å². The van der Waals surface area contributed by atoms with Gasteiger partial charge in [0.05, 0.1) is 13.7 Å². The Balaban J connectivity index is 1.59.